The van der Waals surface area contributed by atoms with Gasteiger partial charge in [-0.05, 0) is 18.1 Å². The Morgan fingerprint density at radius 2 is 1.43 bits per heavy atom. The fourth-order valence-corrected chi connectivity index (χ4v) is 3.61. The third-order valence-corrected chi connectivity index (χ3v) is 6.45. The summed E-state index contributed by atoms with van der Waals surface area (Å²) in [6.45, 7) is 1.57. The van der Waals surface area contributed by atoms with E-state index >= 15 is 0 Å². The smallest absolute Gasteiger partial charge is 0.336 e. The summed E-state index contributed by atoms with van der Waals surface area (Å²) in [5.41, 5.74) is -2.87. The monoisotopic (exact) mass is 506 g/mol. The van der Waals surface area contributed by atoms with Gasteiger partial charge in [0.25, 0.3) is 0 Å². The van der Waals surface area contributed by atoms with Gasteiger partial charge in [-0.25, -0.2) is 4.79 Å². The summed E-state index contributed by atoms with van der Waals surface area (Å²) in [4.78, 5) is 12.2. The van der Waals surface area contributed by atoms with Crippen molar-refractivity contribution in [2.75, 3.05) is 0 Å². The zero-order chi connectivity index (χ0) is 21.2. The van der Waals surface area contributed by atoms with E-state index in [1.807, 2.05) is 0 Å². The van der Waals surface area contributed by atoms with Crippen molar-refractivity contribution in [1.29, 1.82) is 0 Å². The van der Waals surface area contributed by atoms with E-state index in [1.54, 1.807) is 6.92 Å². The van der Waals surface area contributed by atoms with Gasteiger partial charge < -0.3 is 9.30 Å². The Balaban J connectivity index is 2.27. The Labute approximate surface area is 185 Å². The van der Waals surface area contributed by atoms with E-state index in [1.165, 1.54) is 12.1 Å². The number of carbonyl (C=O) groups excluding carboxylic acids is 1. The minimum Gasteiger partial charge on any atom is -0.420 e. The molecule has 1 unspecified atom stereocenters. The van der Waals surface area contributed by atoms with Crippen LogP contribution in [0, 0.1) is 0 Å². The molecule has 0 radical (unpaired) electrons. The highest BCUT2D eigenvalue weighted by Crippen LogP contribution is 2.48. The highest BCUT2D eigenvalue weighted by atomic mass is 35.5. The molecule has 2 aromatic rings. The largest absolute Gasteiger partial charge is 0.420 e. The number of halogens is 7. The molecule has 0 aliphatic heterocycles. The first-order valence-corrected chi connectivity index (χ1v) is 10.3. The molecular weight excluding hydrogens is 498 g/mol. The molecule has 2 rings (SSSR count). The molecule has 0 bridgehead atoms. The molecule has 0 aliphatic carbocycles. The average Bonchev–Trinajstić information content (AvgIpc) is 2.68. The van der Waals surface area contributed by atoms with Crippen LogP contribution in [0.4, 0.5) is 8.78 Å². The van der Waals surface area contributed by atoms with Gasteiger partial charge in [0.15, 0.2) is 5.75 Å². The molecule has 0 amide bonds. The predicted molar refractivity (Wildman–Crippen MR) is 112 cm³/mol. The molecule has 0 spiro atoms. The molecule has 0 saturated heterocycles. The fourth-order valence-electron chi connectivity index (χ4n) is 2.09. The lowest BCUT2D eigenvalue weighted by atomic mass is 10.1. The number of hydrogen-bond acceptors (Lipinski definition) is 3. The minimum absolute atomic E-state index is 0.0818. The maximum atomic E-state index is 13.4. The molecule has 0 saturated carbocycles. The lowest BCUT2D eigenvalue weighted by molar-refractivity contribution is -0.128. The normalized spacial score (nSPS) is 12.6. The molecule has 2 aromatic carbocycles. The van der Waals surface area contributed by atoms with Gasteiger partial charge in [0.1, 0.15) is 18.5 Å². The van der Waals surface area contributed by atoms with E-state index in [4.69, 9.17) is 62.7 Å². The number of hydrogen-bond donors (Lipinski definition) is 0. The third-order valence-electron chi connectivity index (χ3n) is 3.58. The summed E-state index contributed by atoms with van der Waals surface area (Å²) in [5.74, 6) is -1.11. The Morgan fingerprint density at radius 1 is 0.964 bits per heavy atom. The number of ether oxygens (including phenoxy) is 1. The summed E-state index contributed by atoms with van der Waals surface area (Å²) in [7, 11) is -2.29. The van der Waals surface area contributed by atoms with Gasteiger partial charge in [-0.1, -0.05) is 82.3 Å². The second kappa shape index (κ2) is 9.34. The van der Waals surface area contributed by atoms with Crippen LogP contribution in [0.15, 0.2) is 30.3 Å². The first-order chi connectivity index (χ1) is 13.0. The summed E-state index contributed by atoms with van der Waals surface area (Å²) in [6, 6.07) is 5.01. The average molecular weight is 508 g/mol. The third kappa shape index (κ3) is 5.02. The first kappa shape index (κ1) is 23.5. The second-order valence-corrected chi connectivity index (χ2v) is 8.32. The number of esters is 1. The number of alkyl halides is 2. The first-order valence-electron chi connectivity index (χ1n) is 7.36. The van der Waals surface area contributed by atoms with Crippen molar-refractivity contribution in [3.05, 3.63) is 66.6 Å². The fraction of sp³-hybridized carbons (Fsp3) is 0.118. The van der Waals surface area contributed by atoms with Gasteiger partial charge in [-0.3, -0.25) is 0 Å². The van der Waals surface area contributed by atoms with Crippen LogP contribution in [0.1, 0.15) is 18.1 Å². The van der Waals surface area contributed by atoms with Gasteiger partial charge in [-0.2, -0.15) is 8.78 Å². The van der Waals surface area contributed by atoms with Crippen molar-refractivity contribution >= 4 is 78.0 Å². The summed E-state index contributed by atoms with van der Waals surface area (Å²) >= 11 is 29.7. The lowest BCUT2D eigenvalue weighted by Crippen LogP contribution is -2.06. The van der Waals surface area contributed by atoms with Gasteiger partial charge in [0.2, 0.25) is 0 Å². The van der Waals surface area contributed by atoms with Crippen LogP contribution in [-0.2, 0) is 15.0 Å². The van der Waals surface area contributed by atoms with Crippen LogP contribution in [0.2, 0.25) is 25.1 Å². The van der Waals surface area contributed by atoms with E-state index < -0.39 is 20.1 Å². The highest BCUT2D eigenvalue weighted by Gasteiger charge is 2.29. The highest BCUT2D eigenvalue weighted by molar-refractivity contribution is 7.24. The number of rotatable bonds is 5. The Kier molecular flexibility index (Phi) is 7.83. The van der Waals surface area contributed by atoms with Crippen LogP contribution in [0.5, 0.6) is 5.75 Å². The van der Waals surface area contributed by atoms with Crippen LogP contribution in [0.3, 0.4) is 0 Å². The molecule has 0 aliphatic rings. The topological polar surface area (TPSA) is 43.4 Å². The van der Waals surface area contributed by atoms with Crippen LogP contribution < -0.4 is 4.74 Å². The minimum atomic E-state index is -3.38. The van der Waals surface area contributed by atoms with E-state index in [-0.39, 0.29) is 36.4 Å². The van der Waals surface area contributed by atoms with Crippen molar-refractivity contribution in [1.82, 2.24) is 0 Å². The molecule has 28 heavy (non-hydrogen) atoms. The summed E-state index contributed by atoms with van der Waals surface area (Å²) in [5, 5.41) is -0.711. The predicted octanol–water partition coefficient (Wildman–Crippen LogP) is 7.77. The maximum Gasteiger partial charge on any atom is 0.336 e. The standard InChI is InChI=1S/C17H10Cl5F2O3P/c1-7(8-2-4-9(5-3-8)17(23,24)28-26)6-10(25)27-16-14(21)12(19)11(18)13(20)15(16)22/h2-6H,28H2,1H3. The molecule has 0 aromatic heterocycles. The summed E-state index contributed by atoms with van der Waals surface area (Å²) < 4.78 is 42.6. The van der Waals surface area contributed by atoms with Gasteiger partial charge in [-0.15, -0.1) is 0 Å². The molecule has 1 atom stereocenters. The van der Waals surface area contributed by atoms with Crippen molar-refractivity contribution in [2.24, 2.45) is 0 Å². The van der Waals surface area contributed by atoms with Crippen LogP contribution in [-0.4, -0.2) is 5.97 Å². The molecule has 150 valence electrons. The summed E-state index contributed by atoms with van der Waals surface area (Å²) in [6.07, 6.45) is 1.11. The Morgan fingerprint density at radius 3 is 1.89 bits per heavy atom. The van der Waals surface area contributed by atoms with Gasteiger partial charge in [0.05, 0.1) is 15.1 Å². The molecule has 0 heterocycles. The van der Waals surface area contributed by atoms with E-state index in [0.717, 1.165) is 18.2 Å². The molecule has 3 nitrogen and oxygen atoms in total. The SMILES string of the molecule is CC(=CC(=O)Oc1c(Cl)c(Cl)c(Cl)c(Cl)c1Cl)c1ccc(C(F)(F)[PH2]=O)cc1. The Hall–Kier alpha value is -0.810. The zero-order valence-corrected chi connectivity index (χ0v) is 18.8. The molecule has 0 fully saturated rings. The maximum absolute atomic E-state index is 13.4. The molecule has 0 N–H and O–H groups in total. The number of carbonyl (C=O) groups is 1. The quantitative estimate of drug-likeness (QED) is 0.104. The van der Waals surface area contributed by atoms with Crippen LogP contribution in [0.25, 0.3) is 5.57 Å². The van der Waals surface area contributed by atoms with E-state index in [0.29, 0.717) is 11.1 Å². The van der Waals surface area contributed by atoms with Crippen molar-refractivity contribution in [3.63, 3.8) is 0 Å². The van der Waals surface area contributed by atoms with Crippen molar-refractivity contribution in [2.45, 2.75) is 12.6 Å². The number of allylic oxidation sites excluding steroid dienone is 1. The van der Waals surface area contributed by atoms with Crippen LogP contribution >= 0.6 is 66.5 Å². The van der Waals surface area contributed by atoms with Crippen molar-refractivity contribution in [3.8, 4) is 5.75 Å². The molecular formula is C17H10Cl5F2O3P. The Bertz CT molecular complexity index is 949. The lowest BCUT2D eigenvalue weighted by Gasteiger charge is -2.12. The number of benzene rings is 2. The molecule has 11 heteroatoms. The van der Waals surface area contributed by atoms with Crippen molar-refractivity contribution < 1.29 is 22.9 Å². The van der Waals surface area contributed by atoms with E-state index in [2.05, 4.69) is 0 Å². The second-order valence-electron chi connectivity index (χ2n) is 5.47. The van der Waals surface area contributed by atoms with E-state index in [9.17, 15) is 18.1 Å². The van der Waals surface area contributed by atoms with Gasteiger partial charge >= 0.3 is 11.6 Å². The van der Waals surface area contributed by atoms with Gasteiger partial charge in [0, 0.05) is 11.6 Å². The zero-order valence-electron chi connectivity index (χ0n) is 13.8.